The van der Waals surface area contributed by atoms with E-state index in [-0.39, 0.29) is 13.0 Å². The smallest absolute Gasteiger partial charge is 0.326 e. The molecule has 0 saturated carbocycles. The maximum Gasteiger partial charge on any atom is 0.326 e. The number of carboxylic acid groups (broad SMARTS) is 1. The molecule has 1 atom stereocenters. The van der Waals surface area contributed by atoms with Crippen LogP contribution in [-0.2, 0) is 14.3 Å². The highest BCUT2D eigenvalue weighted by Crippen LogP contribution is 2.18. The van der Waals surface area contributed by atoms with Gasteiger partial charge in [-0.15, -0.1) is 0 Å². The molecule has 21 heavy (non-hydrogen) atoms. The molecule has 1 rings (SSSR count). The zero-order valence-electron chi connectivity index (χ0n) is 12.0. The normalized spacial score (nSPS) is 12.1. The SMILES string of the molecule is COCCC(NC(=O)C=Cc1ccccc1OC)C(=O)O. The minimum absolute atomic E-state index is 0.208. The summed E-state index contributed by atoms with van der Waals surface area (Å²) in [6, 6.07) is 6.23. The van der Waals surface area contributed by atoms with E-state index >= 15 is 0 Å². The number of carboxylic acids is 1. The molecule has 0 aromatic heterocycles. The van der Waals surface area contributed by atoms with Crippen LogP contribution in [0.25, 0.3) is 6.08 Å². The molecule has 1 aromatic carbocycles. The third kappa shape index (κ3) is 5.66. The van der Waals surface area contributed by atoms with E-state index in [2.05, 4.69) is 5.32 Å². The molecule has 0 aliphatic rings. The largest absolute Gasteiger partial charge is 0.496 e. The number of carbonyl (C=O) groups excluding carboxylic acids is 1. The maximum atomic E-state index is 11.8. The Hall–Kier alpha value is -2.34. The number of hydrogen-bond donors (Lipinski definition) is 2. The van der Waals surface area contributed by atoms with E-state index in [1.54, 1.807) is 18.2 Å². The van der Waals surface area contributed by atoms with Crippen molar-refractivity contribution in [3.05, 3.63) is 35.9 Å². The fourth-order valence-electron chi connectivity index (χ4n) is 1.68. The lowest BCUT2D eigenvalue weighted by molar-refractivity contribution is -0.141. The Kier molecular flexibility index (Phi) is 6.97. The second kappa shape index (κ2) is 8.76. The molecule has 0 aliphatic heterocycles. The van der Waals surface area contributed by atoms with Crippen molar-refractivity contribution in [3.8, 4) is 5.75 Å². The van der Waals surface area contributed by atoms with Crippen molar-refractivity contribution in [2.24, 2.45) is 0 Å². The lowest BCUT2D eigenvalue weighted by atomic mass is 10.1. The van der Waals surface area contributed by atoms with Gasteiger partial charge in [0.15, 0.2) is 0 Å². The number of benzene rings is 1. The summed E-state index contributed by atoms with van der Waals surface area (Å²) in [5.41, 5.74) is 0.735. The van der Waals surface area contributed by atoms with Gasteiger partial charge in [-0.05, 0) is 12.1 Å². The van der Waals surface area contributed by atoms with Crippen LogP contribution in [0.1, 0.15) is 12.0 Å². The van der Waals surface area contributed by atoms with E-state index in [9.17, 15) is 9.59 Å². The van der Waals surface area contributed by atoms with Gasteiger partial charge in [0, 0.05) is 31.8 Å². The van der Waals surface area contributed by atoms with Gasteiger partial charge < -0.3 is 19.9 Å². The van der Waals surface area contributed by atoms with E-state index in [1.165, 1.54) is 20.3 Å². The van der Waals surface area contributed by atoms with Crippen molar-refractivity contribution < 1.29 is 24.2 Å². The number of ether oxygens (including phenoxy) is 2. The van der Waals surface area contributed by atoms with E-state index < -0.39 is 17.9 Å². The molecular weight excluding hydrogens is 274 g/mol. The number of methoxy groups -OCH3 is 2. The minimum atomic E-state index is -1.09. The molecule has 6 nitrogen and oxygen atoms in total. The van der Waals surface area contributed by atoms with Gasteiger partial charge >= 0.3 is 5.97 Å². The molecule has 2 N–H and O–H groups in total. The van der Waals surface area contributed by atoms with E-state index in [0.717, 1.165) is 5.56 Å². The summed E-state index contributed by atoms with van der Waals surface area (Å²) < 4.78 is 9.97. The van der Waals surface area contributed by atoms with Crippen molar-refractivity contribution in [1.82, 2.24) is 5.32 Å². The monoisotopic (exact) mass is 293 g/mol. The molecule has 0 spiro atoms. The highest BCUT2D eigenvalue weighted by molar-refractivity contribution is 5.94. The quantitative estimate of drug-likeness (QED) is 0.706. The number of nitrogens with one attached hydrogen (secondary N) is 1. The first-order valence-electron chi connectivity index (χ1n) is 6.41. The van der Waals surface area contributed by atoms with Crippen LogP contribution in [0.4, 0.5) is 0 Å². The predicted molar refractivity (Wildman–Crippen MR) is 78.1 cm³/mol. The summed E-state index contributed by atoms with van der Waals surface area (Å²) in [5, 5.41) is 11.4. The van der Waals surface area contributed by atoms with Gasteiger partial charge in [-0.2, -0.15) is 0 Å². The number of para-hydroxylation sites is 1. The molecule has 1 unspecified atom stereocenters. The Morgan fingerprint density at radius 3 is 2.67 bits per heavy atom. The van der Waals surface area contributed by atoms with Crippen molar-refractivity contribution in [2.45, 2.75) is 12.5 Å². The lowest BCUT2D eigenvalue weighted by Crippen LogP contribution is -2.40. The first-order chi connectivity index (χ1) is 10.1. The molecule has 0 aliphatic carbocycles. The van der Waals surface area contributed by atoms with Crippen molar-refractivity contribution in [1.29, 1.82) is 0 Å². The second-order valence-corrected chi connectivity index (χ2v) is 4.26. The highest BCUT2D eigenvalue weighted by Gasteiger charge is 2.18. The predicted octanol–water partition coefficient (Wildman–Crippen LogP) is 1.31. The highest BCUT2D eigenvalue weighted by atomic mass is 16.5. The van der Waals surface area contributed by atoms with Crippen LogP contribution in [0.15, 0.2) is 30.3 Å². The average molecular weight is 293 g/mol. The molecule has 1 amide bonds. The van der Waals surface area contributed by atoms with Crippen LogP contribution in [0.3, 0.4) is 0 Å². The molecule has 0 radical (unpaired) electrons. The van der Waals surface area contributed by atoms with Crippen molar-refractivity contribution >= 4 is 18.0 Å². The Bertz CT molecular complexity index is 513. The van der Waals surface area contributed by atoms with Crippen LogP contribution < -0.4 is 10.1 Å². The fourth-order valence-corrected chi connectivity index (χ4v) is 1.68. The van der Waals surface area contributed by atoms with Gasteiger partial charge in [-0.3, -0.25) is 4.79 Å². The number of rotatable bonds is 8. The lowest BCUT2D eigenvalue weighted by Gasteiger charge is -2.12. The number of aliphatic carboxylic acids is 1. The Labute approximate surface area is 123 Å². The summed E-state index contributed by atoms with van der Waals surface area (Å²) in [6.07, 6.45) is 3.06. The van der Waals surface area contributed by atoms with Crippen LogP contribution in [0.5, 0.6) is 5.75 Å². The molecule has 6 heteroatoms. The van der Waals surface area contributed by atoms with Crippen molar-refractivity contribution in [2.75, 3.05) is 20.8 Å². The van der Waals surface area contributed by atoms with Gasteiger partial charge in [0.05, 0.1) is 7.11 Å². The summed E-state index contributed by atoms with van der Waals surface area (Å²) in [7, 11) is 3.01. The molecule has 1 aromatic rings. The second-order valence-electron chi connectivity index (χ2n) is 4.26. The molecule has 0 bridgehead atoms. The molecule has 0 heterocycles. The number of carbonyl (C=O) groups is 2. The minimum Gasteiger partial charge on any atom is -0.496 e. The summed E-state index contributed by atoms with van der Waals surface area (Å²) in [5.74, 6) is -0.939. The van der Waals surface area contributed by atoms with Gasteiger partial charge in [-0.1, -0.05) is 18.2 Å². The first kappa shape index (κ1) is 16.7. The zero-order valence-corrected chi connectivity index (χ0v) is 12.0. The van der Waals surface area contributed by atoms with Gasteiger partial charge in [0.1, 0.15) is 11.8 Å². The van der Waals surface area contributed by atoms with E-state index in [4.69, 9.17) is 14.6 Å². The first-order valence-corrected chi connectivity index (χ1v) is 6.41. The summed E-state index contributed by atoms with van der Waals surface area (Å²) in [4.78, 5) is 22.8. The standard InChI is InChI=1S/C15H19NO5/c1-20-10-9-12(15(18)19)16-14(17)8-7-11-5-3-4-6-13(11)21-2/h3-8,12H,9-10H2,1-2H3,(H,16,17)(H,18,19). The third-order valence-corrected chi connectivity index (χ3v) is 2.78. The van der Waals surface area contributed by atoms with Gasteiger partial charge in [0.25, 0.3) is 0 Å². The number of amides is 1. The summed E-state index contributed by atoms with van der Waals surface area (Å²) >= 11 is 0. The third-order valence-electron chi connectivity index (χ3n) is 2.78. The van der Waals surface area contributed by atoms with E-state index in [1.807, 2.05) is 12.1 Å². The molecule has 0 fully saturated rings. The molecule has 114 valence electrons. The molecule has 0 saturated heterocycles. The zero-order chi connectivity index (χ0) is 15.7. The molecular formula is C15H19NO5. The Balaban J connectivity index is 2.66. The average Bonchev–Trinajstić information content (AvgIpc) is 2.49. The van der Waals surface area contributed by atoms with Crippen molar-refractivity contribution in [3.63, 3.8) is 0 Å². The van der Waals surface area contributed by atoms with Crippen LogP contribution >= 0.6 is 0 Å². The number of hydrogen-bond acceptors (Lipinski definition) is 4. The maximum absolute atomic E-state index is 11.8. The van der Waals surface area contributed by atoms with Crippen LogP contribution in [0, 0.1) is 0 Å². The van der Waals surface area contributed by atoms with Gasteiger partial charge in [0.2, 0.25) is 5.91 Å². The summed E-state index contributed by atoms with van der Waals surface area (Å²) in [6.45, 7) is 0.257. The van der Waals surface area contributed by atoms with Crippen LogP contribution in [-0.4, -0.2) is 43.9 Å². The van der Waals surface area contributed by atoms with Gasteiger partial charge in [-0.25, -0.2) is 4.79 Å². The Morgan fingerprint density at radius 1 is 1.33 bits per heavy atom. The fraction of sp³-hybridized carbons (Fsp3) is 0.333. The van der Waals surface area contributed by atoms with Crippen LogP contribution in [0.2, 0.25) is 0 Å². The topological polar surface area (TPSA) is 84.9 Å². The van der Waals surface area contributed by atoms with E-state index in [0.29, 0.717) is 5.75 Å². The Morgan fingerprint density at radius 2 is 2.05 bits per heavy atom.